The highest BCUT2D eigenvalue weighted by molar-refractivity contribution is 6.31. The van der Waals surface area contributed by atoms with Crippen LogP contribution < -0.4 is 11.0 Å². The Morgan fingerprint density at radius 3 is 2.56 bits per heavy atom. The number of halogens is 1. The molecule has 0 saturated carbocycles. The van der Waals surface area contributed by atoms with Crippen molar-refractivity contribution in [3.05, 3.63) is 87.6 Å². The van der Waals surface area contributed by atoms with Crippen molar-refractivity contribution in [3.8, 4) is 11.3 Å². The lowest BCUT2D eigenvalue weighted by atomic mass is 10.1. The topological polar surface area (TPSA) is 85.7 Å². The molecular weight excluding hydrogens is 428 g/mol. The molecule has 0 aliphatic carbocycles. The van der Waals surface area contributed by atoms with Gasteiger partial charge in [-0.25, -0.2) is 18.4 Å². The lowest BCUT2D eigenvalue weighted by molar-refractivity contribution is -0.117. The average molecular weight is 447 g/mol. The molecule has 1 N–H and O–H groups in total. The Bertz CT molecular complexity index is 1550. The molecule has 5 rings (SSSR count). The van der Waals surface area contributed by atoms with E-state index >= 15 is 0 Å². The summed E-state index contributed by atoms with van der Waals surface area (Å²) in [4.78, 5) is 25.3. The number of anilines is 1. The van der Waals surface area contributed by atoms with Crippen LogP contribution in [0.25, 0.3) is 22.4 Å². The van der Waals surface area contributed by atoms with Gasteiger partial charge in [0.1, 0.15) is 12.1 Å². The number of benzene rings is 2. The molecule has 0 radical (unpaired) electrons. The number of carbonyl (C=O) groups excluding carboxylic acids is 1. The molecule has 0 bridgehead atoms. The summed E-state index contributed by atoms with van der Waals surface area (Å²) in [5, 5.41) is 12.3. The molecular formula is C23H19ClN6O2. The Labute approximate surface area is 187 Å². The van der Waals surface area contributed by atoms with Crippen LogP contribution in [-0.4, -0.2) is 29.7 Å². The molecule has 0 unspecified atom stereocenters. The number of aromatic nitrogens is 5. The van der Waals surface area contributed by atoms with E-state index in [1.165, 1.54) is 4.40 Å². The van der Waals surface area contributed by atoms with E-state index in [0.717, 1.165) is 27.1 Å². The molecule has 9 heteroatoms. The molecule has 0 aliphatic rings. The molecule has 0 spiro atoms. The number of fused-ring (bicyclic) bond motifs is 3. The zero-order chi connectivity index (χ0) is 22.4. The maximum Gasteiger partial charge on any atom is 0.350 e. The van der Waals surface area contributed by atoms with Crippen molar-refractivity contribution < 1.29 is 4.79 Å². The summed E-state index contributed by atoms with van der Waals surface area (Å²) in [6, 6.07) is 15.2. The van der Waals surface area contributed by atoms with Crippen molar-refractivity contribution in [2.45, 2.75) is 20.4 Å². The Kier molecular flexibility index (Phi) is 4.79. The van der Waals surface area contributed by atoms with Crippen LogP contribution in [0, 0.1) is 13.8 Å². The number of carbonyl (C=O) groups is 1. The van der Waals surface area contributed by atoms with Gasteiger partial charge in [0.15, 0.2) is 5.65 Å². The van der Waals surface area contributed by atoms with Crippen LogP contribution in [0.4, 0.5) is 5.69 Å². The standard InChI is InChI=1S/C23H19ClN6O2/c1-14-3-6-16(7-4-14)19-12-20-22-27-30(23(32)28(22)9-10-29(20)26-19)13-21(31)25-17-8-5-15(2)18(24)11-17/h3-12H,13H2,1-2H3,(H,25,31). The van der Waals surface area contributed by atoms with Gasteiger partial charge in [-0.2, -0.15) is 5.10 Å². The Hall–Kier alpha value is -3.91. The van der Waals surface area contributed by atoms with E-state index in [2.05, 4.69) is 15.5 Å². The summed E-state index contributed by atoms with van der Waals surface area (Å²) < 4.78 is 4.22. The summed E-state index contributed by atoms with van der Waals surface area (Å²) in [6.45, 7) is 3.68. The zero-order valence-electron chi connectivity index (χ0n) is 17.4. The number of nitrogens with one attached hydrogen (secondary N) is 1. The molecule has 160 valence electrons. The minimum Gasteiger partial charge on any atom is -0.324 e. The molecule has 3 heterocycles. The predicted octanol–water partition coefficient (Wildman–Crippen LogP) is 3.72. The summed E-state index contributed by atoms with van der Waals surface area (Å²) in [7, 11) is 0. The minimum absolute atomic E-state index is 0.225. The second kappa shape index (κ2) is 7.65. The maximum absolute atomic E-state index is 12.8. The second-order valence-corrected chi connectivity index (χ2v) is 8.08. The highest BCUT2D eigenvalue weighted by Crippen LogP contribution is 2.22. The van der Waals surface area contributed by atoms with E-state index in [9.17, 15) is 9.59 Å². The largest absolute Gasteiger partial charge is 0.350 e. The van der Waals surface area contributed by atoms with Gasteiger partial charge in [0, 0.05) is 28.7 Å². The van der Waals surface area contributed by atoms with Gasteiger partial charge in [-0.3, -0.25) is 4.79 Å². The fourth-order valence-corrected chi connectivity index (χ4v) is 3.69. The molecule has 3 aromatic heterocycles. The SMILES string of the molecule is Cc1ccc(-c2cc3c4nn(CC(=O)Nc5ccc(C)c(Cl)c5)c(=O)n4ccn3n2)cc1. The first-order valence-electron chi connectivity index (χ1n) is 10.00. The van der Waals surface area contributed by atoms with E-state index < -0.39 is 5.69 Å². The third kappa shape index (κ3) is 3.54. The van der Waals surface area contributed by atoms with Crippen molar-refractivity contribution in [1.29, 1.82) is 0 Å². The lowest BCUT2D eigenvalue weighted by Gasteiger charge is -2.06. The van der Waals surface area contributed by atoms with Gasteiger partial charge in [-0.05, 0) is 37.6 Å². The molecule has 0 fully saturated rings. The third-order valence-corrected chi connectivity index (χ3v) is 5.70. The summed E-state index contributed by atoms with van der Waals surface area (Å²) in [5.41, 5.74) is 5.07. The molecule has 1 amide bonds. The summed E-state index contributed by atoms with van der Waals surface area (Å²) >= 11 is 6.12. The molecule has 5 aromatic rings. The monoisotopic (exact) mass is 446 g/mol. The third-order valence-electron chi connectivity index (χ3n) is 5.29. The van der Waals surface area contributed by atoms with Gasteiger partial charge in [0.2, 0.25) is 5.91 Å². The van der Waals surface area contributed by atoms with Crippen LogP contribution in [0.5, 0.6) is 0 Å². The molecule has 8 nitrogen and oxygen atoms in total. The molecule has 2 aromatic carbocycles. The average Bonchev–Trinajstić information content (AvgIpc) is 3.33. The Balaban J connectivity index is 1.47. The van der Waals surface area contributed by atoms with Crippen LogP contribution in [0.1, 0.15) is 11.1 Å². The van der Waals surface area contributed by atoms with Crippen LogP contribution in [0.3, 0.4) is 0 Å². The van der Waals surface area contributed by atoms with Crippen LogP contribution >= 0.6 is 11.6 Å². The highest BCUT2D eigenvalue weighted by Gasteiger charge is 2.15. The van der Waals surface area contributed by atoms with Crippen molar-refractivity contribution in [1.82, 2.24) is 23.8 Å². The van der Waals surface area contributed by atoms with E-state index in [1.54, 1.807) is 29.0 Å². The molecule has 0 saturated heterocycles. The van der Waals surface area contributed by atoms with Crippen LogP contribution in [-0.2, 0) is 11.3 Å². The van der Waals surface area contributed by atoms with Crippen molar-refractivity contribution in [3.63, 3.8) is 0 Å². The fraction of sp³-hybridized carbons (Fsp3) is 0.130. The van der Waals surface area contributed by atoms with Crippen LogP contribution in [0.15, 0.2) is 65.7 Å². The highest BCUT2D eigenvalue weighted by atomic mass is 35.5. The summed E-state index contributed by atoms with van der Waals surface area (Å²) in [6.07, 6.45) is 3.29. The van der Waals surface area contributed by atoms with Crippen molar-refractivity contribution in [2.75, 3.05) is 5.32 Å². The van der Waals surface area contributed by atoms with Crippen LogP contribution in [0.2, 0.25) is 5.02 Å². The minimum atomic E-state index is -0.405. The smallest absolute Gasteiger partial charge is 0.324 e. The zero-order valence-corrected chi connectivity index (χ0v) is 18.2. The fourth-order valence-electron chi connectivity index (χ4n) is 3.51. The van der Waals surface area contributed by atoms with Gasteiger partial charge in [0.05, 0.1) is 5.69 Å². The maximum atomic E-state index is 12.8. The number of nitrogens with zero attached hydrogens (tertiary/aromatic N) is 5. The van der Waals surface area contributed by atoms with E-state index in [0.29, 0.717) is 21.9 Å². The number of amides is 1. The number of hydrogen-bond donors (Lipinski definition) is 1. The molecule has 0 aliphatic heterocycles. The number of rotatable bonds is 4. The normalized spacial score (nSPS) is 11.3. The first-order valence-corrected chi connectivity index (χ1v) is 10.4. The summed E-state index contributed by atoms with van der Waals surface area (Å²) in [5.74, 6) is -0.375. The van der Waals surface area contributed by atoms with E-state index in [1.807, 2.05) is 50.2 Å². The lowest BCUT2D eigenvalue weighted by Crippen LogP contribution is -2.28. The van der Waals surface area contributed by atoms with Gasteiger partial charge in [-0.1, -0.05) is 47.5 Å². The Morgan fingerprint density at radius 2 is 1.81 bits per heavy atom. The predicted molar refractivity (Wildman–Crippen MR) is 123 cm³/mol. The first-order chi connectivity index (χ1) is 15.4. The van der Waals surface area contributed by atoms with Crippen molar-refractivity contribution >= 4 is 34.4 Å². The van der Waals surface area contributed by atoms with Crippen molar-refractivity contribution in [2.24, 2.45) is 0 Å². The van der Waals surface area contributed by atoms with E-state index in [-0.39, 0.29) is 12.5 Å². The molecule has 32 heavy (non-hydrogen) atoms. The quantitative estimate of drug-likeness (QED) is 0.456. The number of aryl methyl sites for hydroxylation is 2. The van der Waals surface area contributed by atoms with E-state index in [4.69, 9.17) is 11.6 Å². The Morgan fingerprint density at radius 1 is 1.03 bits per heavy atom. The first kappa shape index (κ1) is 20.0. The van der Waals surface area contributed by atoms with Gasteiger partial charge >= 0.3 is 5.69 Å². The van der Waals surface area contributed by atoms with Gasteiger partial charge < -0.3 is 5.32 Å². The molecule has 0 atom stereocenters. The van der Waals surface area contributed by atoms with Gasteiger partial charge in [0.25, 0.3) is 0 Å². The van der Waals surface area contributed by atoms with Gasteiger partial charge in [-0.15, -0.1) is 5.10 Å². The number of hydrogen-bond acceptors (Lipinski definition) is 4. The second-order valence-electron chi connectivity index (χ2n) is 7.67.